The van der Waals surface area contributed by atoms with Crippen molar-refractivity contribution in [2.45, 2.75) is 24.6 Å². The molecule has 4 nitrogen and oxygen atoms in total. The van der Waals surface area contributed by atoms with Crippen LogP contribution in [0.1, 0.15) is 18.4 Å². The summed E-state index contributed by atoms with van der Waals surface area (Å²) in [5.41, 5.74) is 0.851. The largest absolute Gasteiger partial charge is 0.316 e. The van der Waals surface area contributed by atoms with Crippen LogP contribution in [0.3, 0.4) is 0 Å². The van der Waals surface area contributed by atoms with Crippen LogP contribution >= 0.6 is 12.4 Å². The van der Waals surface area contributed by atoms with Crippen molar-refractivity contribution in [2.75, 3.05) is 20.1 Å². The van der Waals surface area contributed by atoms with Crippen molar-refractivity contribution in [2.24, 2.45) is 0 Å². The van der Waals surface area contributed by atoms with Crippen molar-refractivity contribution in [3.05, 3.63) is 35.9 Å². The van der Waals surface area contributed by atoms with Crippen molar-refractivity contribution < 1.29 is 8.42 Å². The molecule has 0 radical (unpaired) electrons. The predicted octanol–water partition coefficient (Wildman–Crippen LogP) is 1.62. The highest BCUT2D eigenvalue weighted by molar-refractivity contribution is 7.88. The lowest BCUT2D eigenvalue weighted by atomic mass is 10.1. The fourth-order valence-corrected chi connectivity index (χ4v) is 3.92. The molecule has 1 heterocycles. The number of piperidine rings is 1. The van der Waals surface area contributed by atoms with Gasteiger partial charge in [0, 0.05) is 19.1 Å². The Balaban J connectivity index is 0.00000180. The molecular formula is C13H21ClN2O2S. The highest BCUT2D eigenvalue weighted by Crippen LogP contribution is 2.17. The third-order valence-electron chi connectivity index (χ3n) is 3.38. The second kappa shape index (κ2) is 7.24. The van der Waals surface area contributed by atoms with Crippen molar-refractivity contribution in [3.8, 4) is 0 Å². The first kappa shape index (κ1) is 16.4. The molecule has 1 fully saturated rings. The Bertz CT molecular complexity index is 479. The molecule has 0 aliphatic carbocycles. The van der Waals surface area contributed by atoms with E-state index in [9.17, 15) is 8.42 Å². The van der Waals surface area contributed by atoms with Crippen molar-refractivity contribution in [3.63, 3.8) is 0 Å². The average Bonchev–Trinajstić information content (AvgIpc) is 2.39. The standard InChI is InChI=1S/C13H20N2O2S.ClH/c1-14-13-8-5-9-15(10-13)18(16,17)11-12-6-3-2-4-7-12;/h2-4,6-7,13-14H,5,8-11H2,1H3;1H. The summed E-state index contributed by atoms with van der Waals surface area (Å²) in [7, 11) is -1.30. The Morgan fingerprint density at radius 1 is 1.32 bits per heavy atom. The molecule has 0 saturated carbocycles. The molecule has 0 amide bonds. The van der Waals surface area contributed by atoms with E-state index in [0.29, 0.717) is 13.1 Å². The first-order valence-electron chi connectivity index (χ1n) is 6.31. The lowest BCUT2D eigenvalue weighted by Crippen LogP contribution is -2.47. The molecule has 2 rings (SSSR count). The smallest absolute Gasteiger partial charge is 0.218 e. The van der Waals surface area contributed by atoms with Crippen LogP contribution in [0, 0.1) is 0 Å². The van der Waals surface area contributed by atoms with Crippen LogP contribution in [0.15, 0.2) is 30.3 Å². The summed E-state index contributed by atoms with van der Waals surface area (Å²) in [6.07, 6.45) is 1.98. The highest BCUT2D eigenvalue weighted by Gasteiger charge is 2.28. The monoisotopic (exact) mass is 304 g/mol. The Labute approximate surface area is 121 Å². The maximum Gasteiger partial charge on any atom is 0.218 e. The van der Waals surface area contributed by atoms with Gasteiger partial charge >= 0.3 is 0 Å². The lowest BCUT2D eigenvalue weighted by Gasteiger charge is -2.31. The second-order valence-electron chi connectivity index (χ2n) is 4.73. The van der Waals surface area contributed by atoms with Gasteiger partial charge in [-0.15, -0.1) is 12.4 Å². The minimum atomic E-state index is -3.19. The van der Waals surface area contributed by atoms with Crippen LogP contribution in [0.25, 0.3) is 0 Å². The number of hydrogen-bond donors (Lipinski definition) is 1. The summed E-state index contributed by atoms with van der Waals surface area (Å²) < 4.78 is 26.2. The number of nitrogens with one attached hydrogen (secondary N) is 1. The van der Waals surface area contributed by atoms with Crippen molar-refractivity contribution >= 4 is 22.4 Å². The van der Waals surface area contributed by atoms with Crippen LogP contribution < -0.4 is 5.32 Å². The fraction of sp³-hybridized carbons (Fsp3) is 0.538. The Hall–Kier alpha value is -0.620. The van der Waals surface area contributed by atoms with Gasteiger partial charge in [0.05, 0.1) is 5.75 Å². The van der Waals surface area contributed by atoms with E-state index in [4.69, 9.17) is 0 Å². The number of likely N-dealkylation sites (N-methyl/N-ethyl adjacent to an activating group) is 1. The zero-order valence-electron chi connectivity index (χ0n) is 11.1. The molecule has 1 aromatic carbocycles. The maximum absolute atomic E-state index is 12.3. The quantitative estimate of drug-likeness (QED) is 0.919. The Kier molecular flexibility index (Phi) is 6.26. The zero-order valence-corrected chi connectivity index (χ0v) is 12.7. The van der Waals surface area contributed by atoms with E-state index in [-0.39, 0.29) is 24.2 Å². The van der Waals surface area contributed by atoms with Gasteiger partial charge < -0.3 is 5.32 Å². The molecule has 1 aromatic rings. The fourth-order valence-electron chi connectivity index (χ4n) is 2.31. The first-order valence-corrected chi connectivity index (χ1v) is 7.92. The average molecular weight is 305 g/mol. The minimum Gasteiger partial charge on any atom is -0.316 e. The molecule has 1 N–H and O–H groups in total. The van der Waals surface area contributed by atoms with Gasteiger partial charge in [-0.1, -0.05) is 30.3 Å². The Morgan fingerprint density at radius 2 is 2.00 bits per heavy atom. The summed E-state index contributed by atoms with van der Waals surface area (Å²) in [6, 6.07) is 9.64. The van der Waals surface area contributed by atoms with Crippen LogP contribution in [0.2, 0.25) is 0 Å². The second-order valence-corrected chi connectivity index (χ2v) is 6.70. The van der Waals surface area contributed by atoms with Gasteiger partial charge in [0.25, 0.3) is 0 Å². The number of hydrogen-bond acceptors (Lipinski definition) is 3. The van der Waals surface area contributed by atoms with E-state index in [2.05, 4.69) is 5.32 Å². The van der Waals surface area contributed by atoms with Gasteiger partial charge in [0.15, 0.2) is 0 Å². The third-order valence-corrected chi connectivity index (χ3v) is 5.19. The number of nitrogens with zero attached hydrogens (tertiary/aromatic N) is 1. The van der Waals surface area contributed by atoms with Gasteiger partial charge in [-0.05, 0) is 25.5 Å². The Morgan fingerprint density at radius 3 is 2.63 bits per heavy atom. The molecule has 108 valence electrons. The zero-order chi connectivity index (χ0) is 13.0. The number of halogens is 1. The number of benzene rings is 1. The van der Waals surface area contributed by atoms with Crippen molar-refractivity contribution in [1.29, 1.82) is 0 Å². The molecule has 19 heavy (non-hydrogen) atoms. The van der Waals surface area contributed by atoms with E-state index in [1.807, 2.05) is 37.4 Å². The molecule has 6 heteroatoms. The SMILES string of the molecule is CNC1CCCN(S(=O)(=O)Cc2ccccc2)C1.Cl. The maximum atomic E-state index is 12.3. The van der Waals surface area contributed by atoms with Gasteiger partial charge in [0.1, 0.15) is 0 Å². The van der Waals surface area contributed by atoms with Gasteiger partial charge in [-0.3, -0.25) is 0 Å². The molecule has 1 atom stereocenters. The minimum absolute atomic E-state index is 0. The van der Waals surface area contributed by atoms with Crippen LogP contribution in [0.5, 0.6) is 0 Å². The third kappa shape index (κ3) is 4.45. The molecule has 1 unspecified atom stereocenters. The van der Waals surface area contributed by atoms with Crippen LogP contribution in [-0.2, 0) is 15.8 Å². The van der Waals surface area contributed by atoms with E-state index >= 15 is 0 Å². The summed E-state index contributed by atoms with van der Waals surface area (Å²) in [6.45, 7) is 1.24. The molecule has 1 aliphatic heterocycles. The summed E-state index contributed by atoms with van der Waals surface area (Å²) in [5, 5.41) is 3.16. The van der Waals surface area contributed by atoms with E-state index in [1.165, 1.54) is 0 Å². The molecule has 0 bridgehead atoms. The summed E-state index contributed by atoms with van der Waals surface area (Å²) >= 11 is 0. The highest BCUT2D eigenvalue weighted by atomic mass is 35.5. The summed E-state index contributed by atoms with van der Waals surface area (Å²) in [4.78, 5) is 0. The first-order chi connectivity index (χ1) is 8.62. The van der Waals surface area contributed by atoms with E-state index < -0.39 is 10.0 Å². The molecule has 1 saturated heterocycles. The molecule has 0 aromatic heterocycles. The van der Waals surface area contributed by atoms with Crippen LogP contribution in [-0.4, -0.2) is 38.9 Å². The van der Waals surface area contributed by atoms with Crippen molar-refractivity contribution in [1.82, 2.24) is 9.62 Å². The van der Waals surface area contributed by atoms with Crippen LogP contribution in [0.4, 0.5) is 0 Å². The topological polar surface area (TPSA) is 49.4 Å². The van der Waals surface area contributed by atoms with Gasteiger partial charge in [-0.2, -0.15) is 0 Å². The molecule has 1 aliphatic rings. The number of rotatable bonds is 4. The van der Waals surface area contributed by atoms with Gasteiger partial charge in [0.2, 0.25) is 10.0 Å². The van der Waals surface area contributed by atoms with Gasteiger partial charge in [-0.25, -0.2) is 12.7 Å². The normalized spacial score (nSPS) is 20.8. The molecular weight excluding hydrogens is 284 g/mol. The van der Waals surface area contributed by atoms with E-state index in [1.54, 1.807) is 4.31 Å². The summed E-state index contributed by atoms with van der Waals surface area (Å²) in [5.74, 6) is 0.101. The van der Waals surface area contributed by atoms with E-state index in [0.717, 1.165) is 18.4 Å². The molecule has 0 spiro atoms. The predicted molar refractivity (Wildman–Crippen MR) is 80.0 cm³/mol. The number of sulfonamides is 1. The lowest BCUT2D eigenvalue weighted by molar-refractivity contribution is 0.292.